The number of hydrogen-bond acceptors (Lipinski definition) is 2. The van der Waals surface area contributed by atoms with Gasteiger partial charge in [0.05, 0.1) is 6.61 Å². The van der Waals surface area contributed by atoms with Gasteiger partial charge in [0, 0.05) is 0 Å². The molecule has 17 heavy (non-hydrogen) atoms. The first-order valence-electron chi connectivity index (χ1n) is 6.66. The van der Waals surface area contributed by atoms with Crippen molar-refractivity contribution in [3.63, 3.8) is 0 Å². The molecular formula is C15H23NO. The molecule has 0 aliphatic carbocycles. The number of benzene rings is 1. The number of piperidine rings is 1. The second-order valence-corrected chi connectivity index (χ2v) is 5.10. The summed E-state index contributed by atoms with van der Waals surface area (Å²) in [6, 6.07) is 6.34. The van der Waals surface area contributed by atoms with Crippen molar-refractivity contribution in [1.29, 1.82) is 0 Å². The predicted molar refractivity (Wildman–Crippen MR) is 71.6 cm³/mol. The van der Waals surface area contributed by atoms with Gasteiger partial charge in [0.15, 0.2) is 0 Å². The molecule has 2 nitrogen and oxygen atoms in total. The van der Waals surface area contributed by atoms with Crippen LogP contribution in [0, 0.1) is 19.8 Å². The smallest absolute Gasteiger partial charge is 0.119 e. The monoisotopic (exact) mass is 233 g/mol. The van der Waals surface area contributed by atoms with E-state index in [1.165, 1.54) is 36.9 Å². The molecule has 0 aromatic heterocycles. The maximum Gasteiger partial charge on any atom is 0.119 e. The van der Waals surface area contributed by atoms with Crippen LogP contribution in [-0.2, 0) is 0 Å². The Labute approximate surface area is 104 Å². The molecule has 1 saturated heterocycles. The number of aryl methyl sites for hydroxylation is 2. The second kappa shape index (κ2) is 6.06. The van der Waals surface area contributed by atoms with Crippen LogP contribution in [0.1, 0.15) is 30.4 Å². The lowest BCUT2D eigenvalue weighted by molar-refractivity contribution is 0.254. The van der Waals surface area contributed by atoms with E-state index in [0.717, 1.165) is 24.8 Å². The molecule has 0 spiro atoms. The molecule has 1 fully saturated rings. The minimum atomic E-state index is 0.801. The summed E-state index contributed by atoms with van der Waals surface area (Å²) in [6.45, 7) is 7.46. The summed E-state index contributed by atoms with van der Waals surface area (Å²) in [7, 11) is 0. The lowest BCUT2D eigenvalue weighted by Crippen LogP contribution is -2.30. The Morgan fingerprint density at radius 2 is 2.18 bits per heavy atom. The minimum absolute atomic E-state index is 0.801. The Kier molecular flexibility index (Phi) is 4.43. The van der Waals surface area contributed by atoms with Gasteiger partial charge in [-0.15, -0.1) is 0 Å². The molecule has 1 aliphatic heterocycles. The van der Waals surface area contributed by atoms with Crippen molar-refractivity contribution >= 4 is 0 Å². The molecule has 0 bridgehead atoms. The molecule has 0 amide bonds. The topological polar surface area (TPSA) is 21.3 Å². The molecule has 1 aromatic rings. The normalized spacial score (nSPS) is 20.2. The van der Waals surface area contributed by atoms with E-state index in [1.54, 1.807) is 0 Å². The number of rotatable bonds is 4. The molecule has 0 radical (unpaired) electrons. The molecule has 1 aromatic carbocycles. The number of ether oxygens (including phenoxy) is 1. The molecule has 1 aliphatic rings. The lowest BCUT2D eigenvalue weighted by Gasteiger charge is -2.22. The van der Waals surface area contributed by atoms with E-state index in [1.807, 2.05) is 0 Å². The maximum absolute atomic E-state index is 5.82. The lowest BCUT2D eigenvalue weighted by atomic mass is 9.97. The summed E-state index contributed by atoms with van der Waals surface area (Å²) in [5.74, 6) is 1.81. The molecule has 2 rings (SSSR count). The third kappa shape index (κ3) is 3.74. The first kappa shape index (κ1) is 12.4. The highest BCUT2D eigenvalue weighted by Gasteiger charge is 2.12. The van der Waals surface area contributed by atoms with E-state index in [4.69, 9.17) is 4.74 Å². The summed E-state index contributed by atoms with van der Waals surface area (Å²) in [5.41, 5.74) is 2.63. The minimum Gasteiger partial charge on any atom is -0.494 e. The van der Waals surface area contributed by atoms with Crippen LogP contribution in [-0.4, -0.2) is 19.7 Å². The summed E-state index contributed by atoms with van der Waals surface area (Å²) in [4.78, 5) is 0. The third-order valence-electron chi connectivity index (χ3n) is 3.67. The van der Waals surface area contributed by atoms with E-state index >= 15 is 0 Å². The molecule has 0 unspecified atom stereocenters. The van der Waals surface area contributed by atoms with E-state index in [2.05, 4.69) is 37.4 Å². The van der Waals surface area contributed by atoms with Crippen LogP contribution in [0.2, 0.25) is 0 Å². The van der Waals surface area contributed by atoms with Gasteiger partial charge in [0.2, 0.25) is 0 Å². The number of nitrogens with one attached hydrogen (secondary N) is 1. The average Bonchev–Trinajstić information content (AvgIpc) is 2.35. The summed E-state index contributed by atoms with van der Waals surface area (Å²) in [5, 5.41) is 3.44. The predicted octanol–water partition coefficient (Wildman–Crippen LogP) is 3.07. The van der Waals surface area contributed by atoms with E-state index in [9.17, 15) is 0 Å². The fourth-order valence-electron chi connectivity index (χ4n) is 2.32. The van der Waals surface area contributed by atoms with Crippen LogP contribution in [0.4, 0.5) is 0 Å². The zero-order valence-electron chi connectivity index (χ0n) is 11.0. The van der Waals surface area contributed by atoms with Crippen LogP contribution in [0.5, 0.6) is 5.75 Å². The molecule has 1 atom stereocenters. The zero-order valence-corrected chi connectivity index (χ0v) is 11.0. The summed E-state index contributed by atoms with van der Waals surface area (Å²) in [6.07, 6.45) is 3.83. The van der Waals surface area contributed by atoms with Crippen LogP contribution >= 0.6 is 0 Å². The van der Waals surface area contributed by atoms with Crippen LogP contribution in [0.15, 0.2) is 18.2 Å². The standard InChI is InChI=1S/C15H23NO/c1-12-5-6-15(10-13(12)2)17-9-7-14-4-3-8-16-11-14/h5-6,10,14,16H,3-4,7-9,11H2,1-2H3/t14-/m1/s1. The van der Waals surface area contributed by atoms with E-state index < -0.39 is 0 Å². The highest BCUT2D eigenvalue weighted by Crippen LogP contribution is 2.18. The molecule has 2 heteroatoms. The Morgan fingerprint density at radius 3 is 2.88 bits per heavy atom. The maximum atomic E-state index is 5.82. The van der Waals surface area contributed by atoms with E-state index in [0.29, 0.717) is 0 Å². The van der Waals surface area contributed by atoms with Crippen molar-refractivity contribution in [2.75, 3.05) is 19.7 Å². The largest absolute Gasteiger partial charge is 0.494 e. The molecule has 0 saturated carbocycles. The van der Waals surface area contributed by atoms with Gasteiger partial charge in [0.25, 0.3) is 0 Å². The fourth-order valence-corrected chi connectivity index (χ4v) is 2.32. The number of hydrogen-bond donors (Lipinski definition) is 1. The summed E-state index contributed by atoms with van der Waals surface area (Å²) >= 11 is 0. The molecule has 94 valence electrons. The second-order valence-electron chi connectivity index (χ2n) is 5.10. The quantitative estimate of drug-likeness (QED) is 0.863. The zero-order chi connectivity index (χ0) is 12.1. The van der Waals surface area contributed by atoms with Gasteiger partial charge in [0.1, 0.15) is 5.75 Å². The van der Waals surface area contributed by atoms with Gasteiger partial charge in [-0.3, -0.25) is 0 Å². The van der Waals surface area contributed by atoms with Gasteiger partial charge in [-0.25, -0.2) is 0 Å². The van der Waals surface area contributed by atoms with Gasteiger partial charge in [-0.2, -0.15) is 0 Å². The van der Waals surface area contributed by atoms with Crippen molar-refractivity contribution in [3.05, 3.63) is 29.3 Å². The SMILES string of the molecule is Cc1ccc(OCC[C@H]2CCCNC2)cc1C. The Hall–Kier alpha value is -1.02. The van der Waals surface area contributed by atoms with Crippen molar-refractivity contribution in [2.24, 2.45) is 5.92 Å². The van der Waals surface area contributed by atoms with Crippen LogP contribution < -0.4 is 10.1 Å². The first-order chi connectivity index (χ1) is 8.25. The highest BCUT2D eigenvalue weighted by molar-refractivity contribution is 5.33. The molecule has 1 heterocycles. The first-order valence-corrected chi connectivity index (χ1v) is 6.66. The summed E-state index contributed by atoms with van der Waals surface area (Å²) < 4.78 is 5.82. The third-order valence-corrected chi connectivity index (χ3v) is 3.67. The van der Waals surface area contributed by atoms with Crippen molar-refractivity contribution in [2.45, 2.75) is 33.1 Å². The Morgan fingerprint density at radius 1 is 1.29 bits per heavy atom. The average molecular weight is 233 g/mol. The Balaban J connectivity index is 1.75. The highest BCUT2D eigenvalue weighted by atomic mass is 16.5. The van der Waals surface area contributed by atoms with Gasteiger partial charge in [-0.05, 0) is 75.4 Å². The van der Waals surface area contributed by atoms with Gasteiger partial charge in [-0.1, -0.05) is 6.07 Å². The van der Waals surface area contributed by atoms with Crippen molar-refractivity contribution < 1.29 is 4.74 Å². The van der Waals surface area contributed by atoms with Gasteiger partial charge >= 0.3 is 0 Å². The molecule has 1 N–H and O–H groups in total. The van der Waals surface area contributed by atoms with Crippen LogP contribution in [0.3, 0.4) is 0 Å². The van der Waals surface area contributed by atoms with E-state index in [-0.39, 0.29) is 0 Å². The fraction of sp³-hybridized carbons (Fsp3) is 0.600. The van der Waals surface area contributed by atoms with Gasteiger partial charge < -0.3 is 10.1 Å². The Bertz CT molecular complexity index is 356. The van der Waals surface area contributed by atoms with Crippen LogP contribution in [0.25, 0.3) is 0 Å². The van der Waals surface area contributed by atoms with Crippen molar-refractivity contribution in [1.82, 2.24) is 5.32 Å². The van der Waals surface area contributed by atoms with Crippen molar-refractivity contribution in [3.8, 4) is 5.75 Å². The molecular weight excluding hydrogens is 210 g/mol.